The highest BCUT2D eigenvalue weighted by Crippen LogP contribution is 2.44. The van der Waals surface area contributed by atoms with Gasteiger partial charge in [0.1, 0.15) is 6.33 Å². The largest absolute Gasteiger partial charge is 0.481 e. The molecule has 0 spiro atoms. The summed E-state index contributed by atoms with van der Waals surface area (Å²) in [6.45, 7) is 0.904. The third-order valence-electron chi connectivity index (χ3n) is 5.17. The van der Waals surface area contributed by atoms with Gasteiger partial charge < -0.3 is 10.0 Å². The van der Waals surface area contributed by atoms with Crippen molar-refractivity contribution < 1.29 is 14.7 Å². The van der Waals surface area contributed by atoms with E-state index in [1.165, 1.54) is 6.33 Å². The molecule has 1 aliphatic heterocycles. The summed E-state index contributed by atoms with van der Waals surface area (Å²) in [6.07, 6.45) is 3.97. The molecule has 1 saturated heterocycles. The van der Waals surface area contributed by atoms with Crippen LogP contribution in [0.2, 0.25) is 0 Å². The fraction of sp³-hybridized carbons (Fsp3) is 0.471. The van der Waals surface area contributed by atoms with Crippen LogP contribution in [0, 0.1) is 17.8 Å². The van der Waals surface area contributed by atoms with Crippen molar-refractivity contribution in [1.82, 2.24) is 25.1 Å². The number of amides is 1. The van der Waals surface area contributed by atoms with E-state index in [4.69, 9.17) is 0 Å². The van der Waals surface area contributed by atoms with Crippen molar-refractivity contribution in [3.05, 3.63) is 36.2 Å². The van der Waals surface area contributed by atoms with Gasteiger partial charge in [-0.25, -0.2) is 4.68 Å². The second-order valence-electron chi connectivity index (χ2n) is 6.84. The molecule has 0 unspecified atom stereocenters. The van der Waals surface area contributed by atoms with Gasteiger partial charge in [-0.1, -0.05) is 12.1 Å². The fourth-order valence-corrected chi connectivity index (χ4v) is 3.63. The van der Waals surface area contributed by atoms with Crippen LogP contribution in [0.1, 0.15) is 18.4 Å². The second-order valence-corrected chi connectivity index (χ2v) is 6.84. The van der Waals surface area contributed by atoms with Gasteiger partial charge in [-0.15, -0.1) is 5.10 Å². The molecule has 2 heterocycles. The van der Waals surface area contributed by atoms with Crippen LogP contribution in [0.25, 0.3) is 5.69 Å². The summed E-state index contributed by atoms with van der Waals surface area (Å²) >= 11 is 0. The minimum absolute atomic E-state index is 0.00966. The van der Waals surface area contributed by atoms with Crippen molar-refractivity contribution in [2.75, 3.05) is 13.1 Å². The topological polar surface area (TPSA) is 101 Å². The van der Waals surface area contributed by atoms with E-state index >= 15 is 0 Å². The number of hydrogen-bond donors (Lipinski definition) is 1. The molecule has 1 aromatic carbocycles. The number of carbonyl (C=O) groups is 2. The average molecular weight is 341 g/mol. The molecule has 130 valence electrons. The summed E-state index contributed by atoms with van der Waals surface area (Å²) in [5, 5.41) is 20.4. The predicted molar refractivity (Wildman–Crippen MR) is 86.8 cm³/mol. The zero-order valence-electron chi connectivity index (χ0n) is 13.7. The van der Waals surface area contributed by atoms with Crippen LogP contribution in [0.15, 0.2) is 30.6 Å². The van der Waals surface area contributed by atoms with Crippen LogP contribution in [-0.4, -0.2) is 55.2 Å². The van der Waals surface area contributed by atoms with E-state index in [1.807, 2.05) is 24.3 Å². The van der Waals surface area contributed by atoms with Crippen LogP contribution in [0.4, 0.5) is 0 Å². The molecule has 1 saturated carbocycles. The number of aliphatic carboxylic acids is 1. The molecule has 2 aliphatic rings. The highest BCUT2D eigenvalue weighted by atomic mass is 16.4. The Labute approximate surface area is 144 Å². The van der Waals surface area contributed by atoms with Gasteiger partial charge >= 0.3 is 5.97 Å². The van der Waals surface area contributed by atoms with Gasteiger partial charge in [-0.05, 0) is 52.8 Å². The lowest BCUT2D eigenvalue weighted by Crippen LogP contribution is -2.31. The van der Waals surface area contributed by atoms with Crippen LogP contribution in [0.3, 0.4) is 0 Å². The second kappa shape index (κ2) is 6.27. The smallest absolute Gasteiger partial charge is 0.308 e. The monoisotopic (exact) mass is 341 g/mol. The molecule has 2 fully saturated rings. The van der Waals surface area contributed by atoms with Crippen LogP contribution < -0.4 is 0 Å². The lowest BCUT2D eigenvalue weighted by Gasteiger charge is -2.16. The van der Waals surface area contributed by atoms with E-state index in [0.717, 1.165) is 24.1 Å². The van der Waals surface area contributed by atoms with Crippen molar-refractivity contribution in [3.8, 4) is 5.69 Å². The summed E-state index contributed by atoms with van der Waals surface area (Å²) in [5.41, 5.74) is 1.71. The molecule has 8 nitrogen and oxygen atoms in total. The summed E-state index contributed by atoms with van der Waals surface area (Å²) in [5.74, 6) is -0.612. The zero-order valence-corrected chi connectivity index (χ0v) is 13.7. The molecule has 0 bridgehead atoms. The van der Waals surface area contributed by atoms with Crippen LogP contribution >= 0.6 is 0 Å². The fourth-order valence-electron chi connectivity index (χ4n) is 3.63. The molecule has 1 aliphatic carbocycles. The number of rotatable bonds is 5. The molecule has 0 radical (unpaired) electrons. The molecular weight excluding hydrogens is 322 g/mol. The number of carboxylic acid groups (broad SMARTS) is 1. The number of benzene rings is 1. The van der Waals surface area contributed by atoms with E-state index < -0.39 is 11.9 Å². The summed E-state index contributed by atoms with van der Waals surface area (Å²) in [4.78, 5) is 25.8. The molecule has 8 heteroatoms. The molecule has 2 aromatic rings. The molecule has 1 N–H and O–H groups in total. The third kappa shape index (κ3) is 3.24. The first kappa shape index (κ1) is 15.7. The Bertz CT molecular complexity index is 770. The Kier molecular flexibility index (Phi) is 3.95. The highest BCUT2D eigenvalue weighted by Gasteiger charge is 2.46. The third-order valence-corrected chi connectivity index (χ3v) is 5.17. The molecule has 4 rings (SSSR count). The van der Waals surface area contributed by atoms with Gasteiger partial charge in [0.25, 0.3) is 0 Å². The van der Waals surface area contributed by atoms with E-state index in [1.54, 1.807) is 9.58 Å². The Balaban J connectivity index is 1.41. The molecular formula is C17H19N5O3. The number of carboxylic acids is 1. The average Bonchev–Trinajstić information content (AvgIpc) is 3.13. The number of likely N-dealkylation sites (tertiary alicyclic amines) is 1. The number of nitrogens with zero attached hydrogens (tertiary/aromatic N) is 5. The SMILES string of the molecule is O=C(O)[C@H]1CN(C(=O)Cc2ccc(-n3cnnn3)cc2)C[C@@H]1C1CC1. The van der Waals surface area contributed by atoms with Gasteiger partial charge in [0, 0.05) is 13.1 Å². The van der Waals surface area contributed by atoms with Crippen LogP contribution in [-0.2, 0) is 16.0 Å². The number of tetrazole rings is 1. The van der Waals surface area contributed by atoms with Gasteiger partial charge in [0.2, 0.25) is 5.91 Å². The molecule has 25 heavy (non-hydrogen) atoms. The standard InChI is InChI=1S/C17H19N5O3/c23-16(21-8-14(12-3-4-12)15(9-21)17(24)25)7-11-1-5-13(6-2-11)22-10-18-19-20-22/h1-2,5-6,10,12,14-15H,3-4,7-9H2,(H,24,25)/t14-,15+/m1/s1. The van der Waals surface area contributed by atoms with Crippen molar-refractivity contribution >= 4 is 11.9 Å². The van der Waals surface area contributed by atoms with E-state index in [2.05, 4.69) is 15.5 Å². The normalized spacial score (nSPS) is 23.0. The first-order chi connectivity index (χ1) is 12.1. The number of aromatic nitrogens is 4. The Hall–Kier alpha value is -2.77. The van der Waals surface area contributed by atoms with E-state index in [9.17, 15) is 14.7 Å². The number of hydrogen-bond acceptors (Lipinski definition) is 5. The Morgan fingerprint density at radius 3 is 2.52 bits per heavy atom. The first-order valence-corrected chi connectivity index (χ1v) is 8.44. The maximum absolute atomic E-state index is 12.6. The lowest BCUT2D eigenvalue weighted by atomic mass is 9.92. The van der Waals surface area contributed by atoms with E-state index in [-0.39, 0.29) is 18.2 Å². The minimum Gasteiger partial charge on any atom is -0.481 e. The zero-order chi connectivity index (χ0) is 17.4. The lowest BCUT2D eigenvalue weighted by molar-refractivity contribution is -0.142. The first-order valence-electron chi connectivity index (χ1n) is 8.44. The molecule has 2 atom stereocenters. The van der Waals surface area contributed by atoms with E-state index in [0.29, 0.717) is 19.0 Å². The maximum atomic E-state index is 12.6. The van der Waals surface area contributed by atoms with Crippen molar-refractivity contribution in [2.24, 2.45) is 17.8 Å². The minimum atomic E-state index is -0.780. The van der Waals surface area contributed by atoms with Crippen molar-refractivity contribution in [2.45, 2.75) is 19.3 Å². The number of carbonyl (C=O) groups excluding carboxylic acids is 1. The van der Waals surface area contributed by atoms with Gasteiger partial charge in [0.05, 0.1) is 18.0 Å². The summed E-state index contributed by atoms with van der Waals surface area (Å²) in [6, 6.07) is 7.46. The van der Waals surface area contributed by atoms with Crippen molar-refractivity contribution in [1.29, 1.82) is 0 Å². The van der Waals surface area contributed by atoms with Gasteiger partial charge in [-0.3, -0.25) is 9.59 Å². The quantitative estimate of drug-likeness (QED) is 0.862. The van der Waals surface area contributed by atoms with Crippen LogP contribution in [0.5, 0.6) is 0 Å². The molecule has 1 amide bonds. The Morgan fingerprint density at radius 1 is 1.16 bits per heavy atom. The summed E-state index contributed by atoms with van der Waals surface area (Å²) in [7, 11) is 0. The highest BCUT2D eigenvalue weighted by molar-refractivity contribution is 5.81. The predicted octanol–water partition coefficient (Wildman–Crippen LogP) is 0.774. The van der Waals surface area contributed by atoms with Crippen molar-refractivity contribution in [3.63, 3.8) is 0 Å². The maximum Gasteiger partial charge on any atom is 0.308 e. The van der Waals surface area contributed by atoms with Gasteiger partial charge in [-0.2, -0.15) is 0 Å². The summed E-state index contributed by atoms with van der Waals surface area (Å²) < 4.78 is 1.55. The van der Waals surface area contributed by atoms with Gasteiger partial charge in [0.15, 0.2) is 0 Å². The molecule has 1 aromatic heterocycles. The Morgan fingerprint density at radius 2 is 1.92 bits per heavy atom.